The topological polar surface area (TPSA) is 64.9 Å². The lowest BCUT2D eigenvalue weighted by Crippen LogP contribution is -2.06. The molecule has 0 spiro atoms. The second kappa shape index (κ2) is 5.13. The lowest BCUT2D eigenvalue weighted by molar-refractivity contribution is 0.557. The van der Waals surface area contributed by atoms with Gasteiger partial charge in [0.25, 0.3) is 0 Å². The average molecular weight is 269 g/mol. The smallest absolute Gasteiger partial charge is 0.221 e. The van der Waals surface area contributed by atoms with Crippen LogP contribution in [0.1, 0.15) is 11.3 Å². The maximum absolute atomic E-state index is 14.5. The first-order valence-electron chi connectivity index (χ1n) is 6.14. The van der Waals surface area contributed by atoms with Gasteiger partial charge in [0.15, 0.2) is 11.6 Å². The molecule has 4 nitrogen and oxygen atoms in total. The molecular weight excluding hydrogens is 257 g/mol. The predicted octanol–water partition coefficient (Wildman–Crippen LogP) is 3.05. The summed E-state index contributed by atoms with van der Waals surface area (Å²) < 4.78 is 19.6. The summed E-state index contributed by atoms with van der Waals surface area (Å²) in [4.78, 5) is 7.90. The third-order valence-electron chi connectivity index (χ3n) is 2.91. The Labute approximate surface area is 115 Å². The molecule has 0 radical (unpaired) electrons. The van der Waals surface area contributed by atoms with Gasteiger partial charge in [0.05, 0.1) is 12.0 Å². The van der Waals surface area contributed by atoms with Crippen molar-refractivity contribution in [3.8, 4) is 11.5 Å². The first-order chi connectivity index (χ1) is 9.74. The van der Waals surface area contributed by atoms with E-state index >= 15 is 0 Å². The normalized spacial score (nSPS) is 10.7. The Bertz CT molecular complexity index is 711. The second-order valence-electron chi connectivity index (χ2n) is 4.33. The largest absolute Gasteiger partial charge is 0.463 e. The van der Waals surface area contributed by atoms with Crippen molar-refractivity contribution in [3.63, 3.8) is 0 Å². The molecule has 0 aliphatic rings. The minimum atomic E-state index is -0.502. The maximum Gasteiger partial charge on any atom is 0.221 e. The lowest BCUT2D eigenvalue weighted by Gasteiger charge is -2.07. The van der Waals surface area contributed by atoms with Crippen molar-refractivity contribution in [2.24, 2.45) is 0 Å². The molecule has 0 saturated heterocycles. The second-order valence-corrected chi connectivity index (χ2v) is 4.33. The molecule has 2 N–H and O–H groups in total. The van der Waals surface area contributed by atoms with Gasteiger partial charge in [0.2, 0.25) is 5.95 Å². The Morgan fingerprint density at radius 3 is 2.55 bits per heavy atom. The van der Waals surface area contributed by atoms with Gasteiger partial charge in [-0.1, -0.05) is 30.3 Å². The number of rotatable bonds is 3. The van der Waals surface area contributed by atoms with E-state index in [0.29, 0.717) is 12.2 Å². The van der Waals surface area contributed by atoms with Crippen LogP contribution < -0.4 is 5.73 Å². The molecule has 0 saturated carbocycles. The number of nitrogen functional groups attached to an aromatic ring is 1. The molecule has 0 atom stereocenters. The lowest BCUT2D eigenvalue weighted by atomic mass is 10.1. The van der Waals surface area contributed by atoms with E-state index in [9.17, 15) is 4.39 Å². The summed E-state index contributed by atoms with van der Waals surface area (Å²) in [6.07, 6.45) is 1.82. The Balaban J connectivity index is 2.04. The van der Waals surface area contributed by atoms with Crippen molar-refractivity contribution in [2.75, 3.05) is 5.73 Å². The average Bonchev–Trinajstić information content (AvgIpc) is 2.97. The third kappa shape index (κ3) is 2.38. The molecule has 0 amide bonds. The standard InChI is InChI=1S/C15H12FN3O/c16-13-11(9-10-5-2-1-3-6-10)18-15(17)19-14(13)12-7-4-8-20-12/h1-8H,9H2,(H2,17,18,19). The molecule has 20 heavy (non-hydrogen) atoms. The zero-order chi connectivity index (χ0) is 13.9. The van der Waals surface area contributed by atoms with Gasteiger partial charge >= 0.3 is 0 Å². The van der Waals surface area contributed by atoms with E-state index in [1.807, 2.05) is 30.3 Å². The number of halogens is 1. The highest BCUT2D eigenvalue weighted by atomic mass is 19.1. The van der Waals surface area contributed by atoms with Gasteiger partial charge in [-0.3, -0.25) is 0 Å². The van der Waals surface area contributed by atoms with Crippen molar-refractivity contribution in [1.82, 2.24) is 9.97 Å². The fourth-order valence-electron chi connectivity index (χ4n) is 2.00. The Kier molecular flexibility index (Phi) is 3.16. The quantitative estimate of drug-likeness (QED) is 0.793. The summed E-state index contributed by atoms with van der Waals surface area (Å²) in [6.45, 7) is 0. The fourth-order valence-corrected chi connectivity index (χ4v) is 2.00. The van der Waals surface area contributed by atoms with E-state index in [1.54, 1.807) is 12.1 Å². The molecule has 5 heteroatoms. The van der Waals surface area contributed by atoms with Crippen molar-refractivity contribution < 1.29 is 8.81 Å². The molecule has 3 aromatic rings. The molecule has 0 bridgehead atoms. The van der Waals surface area contributed by atoms with Gasteiger partial charge in [0, 0.05) is 6.42 Å². The maximum atomic E-state index is 14.5. The molecule has 0 aliphatic heterocycles. The van der Waals surface area contributed by atoms with Crippen LogP contribution in [-0.4, -0.2) is 9.97 Å². The van der Waals surface area contributed by atoms with Crippen molar-refractivity contribution >= 4 is 5.95 Å². The van der Waals surface area contributed by atoms with Crippen molar-refractivity contribution in [1.29, 1.82) is 0 Å². The summed E-state index contributed by atoms with van der Waals surface area (Å²) in [7, 11) is 0. The Hall–Kier alpha value is -2.69. The molecule has 3 rings (SSSR count). The van der Waals surface area contributed by atoms with Gasteiger partial charge in [-0.05, 0) is 17.7 Å². The number of anilines is 1. The van der Waals surface area contributed by atoms with Crippen LogP contribution in [0.3, 0.4) is 0 Å². The highest BCUT2D eigenvalue weighted by Crippen LogP contribution is 2.24. The summed E-state index contributed by atoms with van der Waals surface area (Å²) in [5, 5.41) is 0. The summed E-state index contributed by atoms with van der Waals surface area (Å²) in [5.74, 6) is -0.132. The Morgan fingerprint density at radius 1 is 1.05 bits per heavy atom. The van der Waals surface area contributed by atoms with E-state index in [4.69, 9.17) is 10.2 Å². The number of furan rings is 1. The minimum absolute atomic E-state index is 0.0312. The van der Waals surface area contributed by atoms with E-state index < -0.39 is 5.82 Å². The molecule has 1 aromatic carbocycles. The van der Waals surface area contributed by atoms with Crippen LogP contribution in [0.15, 0.2) is 53.1 Å². The summed E-state index contributed by atoms with van der Waals surface area (Å²) in [5.41, 5.74) is 6.96. The number of nitrogens with zero attached hydrogens (tertiary/aromatic N) is 2. The van der Waals surface area contributed by atoms with E-state index in [-0.39, 0.29) is 17.3 Å². The highest BCUT2D eigenvalue weighted by molar-refractivity contribution is 5.55. The molecule has 0 unspecified atom stereocenters. The van der Waals surface area contributed by atoms with Crippen LogP contribution in [0.2, 0.25) is 0 Å². The van der Waals surface area contributed by atoms with E-state index in [1.165, 1.54) is 6.26 Å². The fraction of sp³-hybridized carbons (Fsp3) is 0.0667. The Morgan fingerprint density at radius 2 is 1.85 bits per heavy atom. The van der Waals surface area contributed by atoms with Crippen LogP contribution in [0.5, 0.6) is 0 Å². The van der Waals surface area contributed by atoms with Crippen LogP contribution in [0.25, 0.3) is 11.5 Å². The van der Waals surface area contributed by atoms with Crippen LogP contribution in [0.4, 0.5) is 10.3 Å². The number of hydrogen-bond acceptors (Lipinski definition) is 4. The molecule has 0 aliphatic carbocycles. The first-order valence-corrected chi connectivity index (χ1v) is 6.14. The van der Waals surface area contributed by atoms with Gasteiger partial charge in [-0.15, -0.1) is 0 Å². The summed E-state index contributed by atoms with van der Waals surface area (Å²) in [6, 6.07) is 12.8. The summed E-state index contributed by atoms with van der Waals surface area (Å²) >= 11 is 0. The SMILES string of the molecule is Nc1nc(Cc2ccccc2)c(F)c(-c2ccco2)n1. The van der Waals surface area contributed by atoms with Crippen molar-refractivity contribution in [2.45, 2.75) is 6.42 Å². The number of nitrogens with two attached hydrogens (primary N) is 1. The number of benzene rings is 1. The molecule has 2 aromatic heterocycles. The van der Waals surface area contributed by atoms with Gasteiger partial charge in [0.1, 0.15) is 5.69 Å². The molecule has 0 fully saturated rings. The van der Waals surface area contributed by atoms with Gasteiger partial charge < -0.3 is 10.2 Å². The minimum Gasteiger partial charge on any atom is -0.463 e. The predicted molar refractivity (Wildman–Crippen MR) is 73.4 cm³/mol. The first kappa shape index (κ1) is 12.3. The highest BCUT2D eigenvalue weighted by Gasteiger charge is 2.17. The van der Waals surface area contributed by atoms with Crippen LogP contribution in [0, 0.1) is 5.82 Å². The monoisotopic (exact) mass is 269 g/mol. The molecule has 2 heterocycles. The van der Waals surface area contributed by atoms with Gasteiger partial charge in [-0.25, -0.2) is 14.4 Å². The van der Waals surface area contributed by atoms with E-state index in [0.717, 1.165) is 5.56 Å². The zero-order valence-electron chi connectivity index (χ0n) is 10.6. The number of aromatic nitrogens is 2. The van der Waals surface area contributed by atoms with Crippen LogP contribution in [-0.2, 0) is 6.42 Å². The zero-order valence-corrected chi connectivity index (χ0v) is 10.6. The van der Waals surface area contributed by atoms with E-state index in [2.05, 4.69) is 9.97 Å². The van der Waals surface area contributed by atoms with Crippen molar-refractivity contribution in [3.05, 3.63) is 65.8 Å². The van der Waals surface area contributed by atoms with Gasteiger partial charge in [-0.2, -0.15) is 0 Å². The third-order valence-corrected chi connectivity index (χ3v) is 2.91. The number of hydrogen-bond donors (Lipinski definition) is 1. The van der Waals surface area contributed by atoms with Crippen LogP contribution >= 0.6 is 0 Å². The molecular formula is C15H12FN3O. The molecule has 100 valence electrons.